The summed E-state index contributed by atoms with van der Waals surface area (Å²) in [6.45, 7) is 3.69. The summed E-state index contributed by atoms with van der Waals surface area (Å²) in [4.78, 5) is 24.2. The molecule has 3 rings (SSSR count). The van der Waals surface area contributed by atoms with Gasteiger partial charge in [-0.2, -0.15) is 0 Å². The predicted molar refractivity (Wildman–Crippen MR) is 101 cm³/mol. The van der Waals surface area contributed by atoms with Gasteiger partial charge in [0.2, 0.25) is 0 Å². The second-order valence-electron chi connectivity index (χ2n) is 5.64. The molecule has 0 unspecified atom stereocenters. The van der Waals surface area contributed by atoms with Gasteiger partial charge in [-0.15, -0.1) is 0 Å². The van der Waals surface area contributed by atoms with Crippen LogP contribution in [0.5, 0.6) is 0 Å². The van der Waals surface area contributed by atoms with Gasteiger partial charge in [-0.05, 0) is 22.4 Å². The van der Waals surface area contributed by atoms with Crippen molar-refractivity contribution >= 4 is 28.3 Å². The molecule has 0 saturated heterocycles. The van der Waals surface area contributed by atoms with Crippen molar-refractivity contribution in [2.45, 2.75) is 0 Å². The Hall–Kier alpha value is -3.40. The van der Waals surface area contributed by atoms with Crippen molar-refractivity contribution in [2.24, 2.45) is 0 Å². The quantitative estimate of drug-likeness (QED) is 0.380. The van der Waals surface area contributed by atoms with Crippen molar-refractivity contribution in [2.75, 3.05) is 13.2 Å². The molecule has 0 heterocycles. The Bertz CT molecular complexity index is 939. The third-order valence-corrected chi connectivity index (χ3v) is 3.93. The molecule has 0 aliphatic heterocycles. The highest BCUT2D eigenvalue weighted by Crippen LogP contribution is 2.19. The highest BCUT2D eigenvalue weighted by molar-refractivity contribution is 6.15. The fourth-order valence-electron chi connectivity index (χ4n) is 2.59. The standard InChI is InChI=1S/C22H18O4/c1-16(17-8-3-2-4-9-17)21(23)25-14-15-26-22(24)20-13-7-11-18-10-5-6-12-19(18)20/h2-13H,1,14-15H2. The summed E-state index contributed by atoms with van der Waals surface area (Å²) in [6, 6.07) is 22.1. The fraction of sp³-hybridized carbons (Fsp3) is 0.0909. The third-order valence-electron chi connectivity index (χ3n) is 3.93. The largest absolute Gasteiger partial charge is 0.458 e. The van der Waals surface area contributed by atoms with Gasteiger partial charge in [0.05, 0.1) is 11.1 Å². The molecule has 0 fully saturated rings. The van der Waals surface area contributed by atoms with Crippen LogP contribution in [0.4, 0.5) is 0 Å². The number of carbonyl (C=O) groups is 2. The van der Waals surface area contributed by atoms with E-state index in [4.69, 9.17) is 9.47 Å². The number of rotatable bonds is 6. The Balaban J connectivity index is 1.52. The first-order chi connectivity index (χ1) is 12.7. The van der Waals surface area contributed by atoms with Crippen LogP contribution in [0.15, 0.2) is 79.4 Å². The molecule has 0 N–H and O–H groups in total. The number of esters is 2. The van der Waals surface area contributed by atoms with Gasteiger partial charge in [0, 0.05) is 0 Å². The van der Waals surface area contributed by atoms with Crippen molar-refractivity contribution in [3.05, 3.63) is 90.5 Å². The van der Waals surface area contributed by atoms with E-state index in [2.05, 4.69) is 6.58 Å². The summed E-state index contributed by atoms with van der Waals surface area (Å²) in [6.07, 6.45) is 0. The number of hydrogen-bond acceptors (Lipinski definition) is 4. The number of carbonyl (C=O) groups excluding carboxylic acids is 2. The van der Waals surface area contributed by atoms with Gasteiger partial charge in [0.15, 0.2) is 0 Å². The second-order valence-corrected chi connectivity index (χ2v) is 5.64. The fourth-order valence-corrected chi connectivity index (χ4v) is 2.59. The van der Waals surface area contributed by atoms with E-state index in [0.717, 1.165) is 10.8 Å². The first kappa shape index (κ1) is 17.4. The van der Waals surface area contributed by atoms with Gasteiger partial charge in [0.25, 0.3) is 0 Å². The molecule has 26 heavy (non-hydrogen) atoms. The molecule has 0 spiro atoms. The van der Waals surface area contributed by atoms with Gasteiger partial charge in [-0.25, -0.2) is 9.59 Å². The lowest BCUT2D eigenvalue weighted by atomic mass is 10.1. The Labute approximate surface area is 151 Å². The molecule has 0 aliphatic rings. The normalized spacial score (nSPS) is 10.3. The van der Waals surface area contributed by atoms with E-state index in [-0.39, 0.29) is 18.8 Å². The maximum Gasteiger partial charge on any atom is 0.338 e. The topological polar surface area (TPSA) is 52.6 Å². The van der Waals surface area contributed by atoms with Crippen LogP contribution in [0.1, 0.15) is 15.9 Å². The molecule has 3 aromatic rings. The minimum atomic E-state index is -0.530. The summed E-state index contributed by atoms with van der Waals surface area (Å²) in [7, 11) is 0. The van der Waals surface area contributed by atoms with Gasteiger partial charge in [-0.1, -0.05) is 73.3 Å². The summed E-state index contributed by atoms with van der Waals surface area (Å²) < 4.78 is 10.3. The van der Waals surface area contributed by atoms with Gasteiger partial charge in [-0.3, -0.25) is 0 Å². The lowest BCUT2D eigenvalue weighted by molar-refractivity contribution is -0.137. The minimum absolute atomic E-state index is 0.0180. The van der Waals surface area contributed by atoms with Crippen LogP contribution in [0.3, 0.4) is 0 Å². The van der Waals surface area contributed by atoms with Crippen LogP contribution in [0, 0.1) is 0 Å². The van der Waals surface area contributed by atoms with Crippen LogP contribution in [-0.4, -0.2) is 25.2 Å². The Morgan fingerprint density at radius 2 is 1.42 bits per heavy atom. The van der Waals surface area contributed by atoms with E-state index < -0.39 is 11.9 Å². The number of benzene rings is 3. The second kappa shape index (κ2) is 8.12. The van der Waals surface area contributed by atoms with E-state index in [0.29, 0.717) is 11.1 Å². The van der Waals surface area contributed by atoms with E-state index in [9.17, 15) is 9.59 Å². The summed E-state index contributed by atoms with van der Waals surface area (Å²) in [5.41, 5.74) is 1.46. The monoisotopic (exact) mass is 346 g/mol. The first-order valence-corrected chi connectivity index (χ1v) is 8.23. The maximum atomic E-state index is 12.3. The molecular formula is C22H18O4. The molecule has 0 aromatic heterocycles. The molecule has 130 valence electrons. The first-order valence-electron chi connectivity index (χ1n) is 8.23. The lowest BCUT2D eigenvalue weighted by Gasteiger charge is -2.09. The van der Waals surface area contributed by atoms with Crippen LogP contribution in [0.2, 0.25) is 0 Å². The number of hydrogen-bond donors (Lipinski definition) is 0. The average molecular weight is 346 g/mol. The van der Waals surface area contributed by atoms with E-state index in [1.807, 2.05) is 54.6 Å². The molecule has 0 amide bonds. The van der Waals surface area contributed by atoms with Crippen molar-refractivity contribution in [3.63, 3.8) is 0 Å². The zero-order valence-electron chi connectivity index (χ0n) is 14.2. The highest BCUT2D eigenvalue weighted by atomic mass is 16.6. The molecular weight excluding hydrogens is 328 g/mol. The van der Waals surface area contributed by atoms with E-state index in [1.54, 1.807) is 18.2 Å². The maximum absolute atomic E-state index is 12.3. The summed E-state index contributed by atoms with van der Waals surface area (Å²) in [5.74, 6) is -0.975. The van der Waals surface area contributed by atoms with Crippen LogP contribution >= 0.6 is 0 Å². The smallest absolute Gasteiger partial charge is 0.338 e. The zero-order valence-corrected chi connectivity index (χ0v) is 14.2. The zero-order chi connectivity index (χ0) is 18.4. The third kappa shape index (κ3) is 3.98. The van der Waals surface area contributed by atoms with E-state index >= 15 is 0 Å². The van der Waals surface area contributed by atoms with Gasteiger partial charge < -0.3 is 9.47 Å². The molecule has 0 radical (unpaired) electrons. The number of ether oxygens (including phenoxy) is 2. The highest BCUT2D eigenvalue weighted by Gasteiger charge is 2.13. The van der Waals surface area contributed by atoms with Crippen molar-refractivity contribution in [1.82, 2.24) is 0 Å². The van der Waals surface area contributed by atoms with Gasteiger partial charge >= 0.3 is 11.9 Å². The van der Waals surface area contributed by atoms with Crippen molar-refractivity contribution in [3.8, 4) is 0 Å². The molecule has 0 bridgehead atoms. The van der Waals surface area contributed by atoms with Crippen LogP contribution < -0.4 is 0 Å². The minimum Gasteiger partial charge on any atom is -0.458 e. The Morgan fingerprint density at radius 3 is 2.23 bits per heavy atom. The molecule has 4 heteroatoms. The average Bonchev–Trinajstić information content (AvgIpc) is 2.70. The lowest BCUT2D eigenvalue weighted by Crippen LogP contribution is -2.14. The molecule has 0 saturated carbocycles. The molecule has 0 atom stereocenters. The summed E-state index contributed by atoms with van der Waals surface area (Å²) >= 11 is 0. The molecule has 0 aliphatic carbocycles. The predicted octanol–water partition coefficient (Wildman–Crippen LogP) is 4.25. The van der Waals surface area contributed by atoms with Gasteiger partial charge in [0.1, 0.15) is 13.2 Å². The van der Waals surface area contributed by atoms with Crippen molar-refractivity contribution < 1.29 is 19.1 Å². The molecule has 3 aromatic carbocycles. The van der Waals surface area contributed by atoms with Crippen molar-refractivity contribution in [1.29, 1.82) is 0 Å². The van der Waals surface area contributed by atoms with Crippen LogP contribution in [0.25, 0.3) is 16.3 Å². The SMILES string of the molecule is C=C(C(=O)OCCOC(=O)c1cccc2ccccc12)c1ccccc1. The Morgan fingerprint density at radius 1 is 0.769 bits per heavy atom. The Kier molecular flexibility index (Phi) is 5.44. The number of fused-ring (bicyclic) bond motifs is 1. The van der Waals surface area contributed by atoms with Crippen LogP contribution in [-0.2, 0) is 14.3 Å². The summed E-state index contributed by atoms with van der Waals surface area (Å²) in [5, 5.41) is 1.79. The van der Waals surface area contributed by atoms with E-state index in [1.165, 1.54) is 0 Å². The molecule has 4 nitrogen and oxygen atoms in total.